The number of piperidine rings is 1. The molecule has 1 aliphatic heterocycles. The fourth-order valence-corrected chi connectivity index (χ4v) is 5.63. The first-order valence-electron chi connectivity index (χ1n) is 10.4. The third kappa shape index (κ3) is 5.62. The summed E-state index contributed by atoms with van der Waals surface area (Å²) in [6.07, 6.45) is 2.03. The lowest BCUT2D eigenvalue weighted by molar-refractivity contribution is -0.126. The van der Waals surface area contributed by atoms with Gasteiger partial charge in [-0.15, -0.1) is 0 Å². The highest BCUT2D eigenvalue weighted by Gasteiger charge is 2.31. The van der Waals surface area contributed by atoms with E-state index in [9.17, 15) is 13.2 Å². The number of sulfonamides is 1. The van der Waals surface area contributed by atoms with Gasteiger partial charge in [0.05, 0.1) is 11.8 Å². The number of aryl methyl sites for hydroxylation is 1. The van der Waals surface area contributed by atoms with Crippen molar-refractivity contribution in [3.05, 3.63) is 70.2 Å². The number of halogens is 1. The van der Waals surface area contributed by atoms with E-state index in [-0.39, 0.29) is 23.6 Å². The van der Waals surface area contributed by atoms with Gasteiger partial charge in [0.15, 0.2) is 0 Å². The van der Waals surface area contributed by atoms with E-state index in [1.54, 1.807) is 24.3 Å². The van der Waals surface area contributed by atoms with Crippen molar-refractivity contribution in [3.63, 3.8) is 0 Å². The van der Waals surface area contributed by atoms with Crippen LogP contribution in [-0.4, -0.2) is 31.7 Å². The largest absolute Gasteiger partial charge is 0.349 e. The second-order valence-electron chi connectivity index (χ2n) is 7.85. The average Bonchev–Trinajstić information content (AvgIpc) is 2.75. The lowest BCUT2D eigenvalue weighted by Crippen LogP contribution is -2.43. The molecule has 162 valence electrons. The van der Waals surface area contributed by atoms with Crippen molar-refractivity contribution < 1.29 is 13.2 Å². The molecule has 2 aromatic carbocycles. The van der Waals surface area contributed by atoms with E-state index in [2.05, 4.69) is 24.4 Å². The van der Waals surface area contributed by atoms with E-state index in [1.165, 1.54) is 9.87 Å². The molecule has 1 heterocycles. The molecule has 1 N–H and O–H groups in total. The fourth-order valence-electron chi connectivity index (χ4n) is 3.76. The van der Waals surface area contributed by atoms with Crippen LogP contribution in [-0.2, 0) is 27.0 Å². The summed E-state index contributed by atoms with van der Waals surface area (Å²) >= 11 is 6.11. The summed E-state index contributed by atoms with van der Waals surface area (Å²) in [6, 6.07) is 15.2. The molecule has 1 aliphatic rings. The van der Waals surface area contributed by atoms with E-state index < -0.39 is 10.0 Å². The Morgan fingerprint density at radius 1 is 1.13 bits per heavy atom. The van der Waals surface area contributed by atoms with Gasteiger partial charge in [0.25, 0.3) is 0 Å². The van der Waals surface area contributed by atoms with Crippen LogP contribution in [0.1, 0.15) is 49.4 Å². The topological polar surface area (TPSA) is 66.5 Å². The lowest BCUT2D eigenvalue weighted by atomic mass is 9.96. The molecule has 1 amide bonds. The van der Waals surface area contributed by atoms with Gasteiger partial charge in [-0.25, -0.2) is 12.7 Å². The number of benzene rings is 2. The summed E-state index contributed by atoms with van der Waals surface area (Å²) in [5, 5.41) is 3.53. The van der Waals surface area contributed by atoms with E-state index in [0.29, 0.717) is 36.5 Å². The molecular weight excluding hydrogens is 420 g/mol. The highest BCUT2D eigenvalue weighted by Crippen LogP contribution is 2.25. The van der Waals surface area contributed by atoms with Gasteiger partial charge in [-0.05, 0) is 48.9 Å². The molecule has 1 atom stereocenters. The molecule has 0 aromatic heterocycles. The van der Waals surface area contributed by atoms with Crippen LogP contribution in [0, 0.1) is 5.92 Å². The summed E-state index contributed by atoms with van der Waals surface area (Å²) in [6.45, 7) is 4.79. The van der Waals surface area contributed by atoms with E-state index in [0.717, 1.165) is 12.0 Å². The maximum Gasteiger partial charge on any atom is 0.223 e. The normalized spacial score (nSPS) is 16.9. The smallest absolute Gasteiger partial charge is 0.223 e. The standard InChI is InChI=1S/C23H29ClN2O3S/c1-3-18-8-10-19(11-9-18)17(2)25-23(27)20-12-14-26(15-13-20)30(28,29)16-21-6-4-5-7-22(21)24/h4-11,17,20H,3,12-16H2,1-2H3,(H,25,27)/t17-/m1/s1. The molecule has 0 unspecified atom stereocenters. The first-order chi connectivity index (χ1) is 14.3. The minimum atomic E-state index is -3.46. The maximum absolute atomic E-state index is 12.8. The SMILES string of the molecule is CCc1ccc([C@@H](C)NC(=O)C2CCN(S(=O)(=O)Cc3ccccc3Cl)CC2)cc1. The molecule has 1 fully saturated rings. The van der Waals surface area contributed by atoms with Crippen LogP contribution in [0.3, 0.4) is 0 Å². The first kappa shape index (κ1) is 22.8. The molecule has 5 nitrogen and oxygen atoms in total. The Morgan fingerprint density at radius 3 is 2.37 bits per heavy atom. The van der Waals surface area contributed by atoms with Crippen molar-refractivity contribution in [2.45, 2.75) is 44.9 Å². The summed E-state index contributed by atoms with van der Waals surface area (Å²) in [5.74, 6) is -0.298. The molecule has 3 rings (SSSR count). The molecule has 0 saturated carbocycles. The number of nitrogens with zero attached hydrogens (tertiary/aromatic N) is 1. The van der Waals surface area contributed by atoms with Gasteiger partial charge < -0.3 is 5.32 Å². The van der Waals surface area contributed by atoms with Crippen LogP contribution in [0.2, 0.25) is 5.02 Å². The Hall–Kier alpha value is -1.89. The van der Waals surface area contributed by atoms with E-state index in [4.69, 9.17) is 11.6 Å². The number of carbonyl (C=O) groups is 1. The van der Waals surface area contributed by atoms with E-state index in [1.807, 2.05) is 19.1 Å². The summed E-state index contributed by atoms with van der Waals surface area (Å²) in [5.41, 5.74) is 2.94. The van der Waals surface area contributed by atoms with Crippen LogP contribution in [0.15, 0.2) is 48.5 Å². The Morgan fingerprint density at radius 2 is 1.77 bits per heavy atom. The van der Waals surface area contributed by atoms with Crippen LogP contribution in [0.4, 0.5) is 0 Å². The Kier molecular flexibility index (Phi) is 7.55. The minimum absolute atomic E-state index is 0.00906. The van der Waals surface area contributed by atoms with Crippen LogP contribution in [0.25, 0.3) is 0 Å². The summed E-state index contributed by atoms with van der Waals surface area (Å²) in [4.78, 5) is 12.7. The quantitative estimate of drug-likeness (QED) is 0.685. The monoisotopic (exact) mass is 448 g/mol. The number of hydrogen-bond donors (Lipinski definition) is 1. The molecule has 0 radical (unpaired) electrons. The van der Waals surface area contributed by atoms with Gasteiger partial charge in [0.2, 0.25) is 15.9 Å². The van der Waals surface area contributed by atoms with Gasteiger partial charge in [0.1, 0.15) is 0 Å². The zero-order valence-corrected chi connectivity index (χ0v) is 19.0. The molecule has 0 bridgehead atoms. The Bertz CT molecular complexity index is 968. The highest BCUT2D eigenvalue weighted by molar-refractivity contribution is 7.88. The Balaban J connectivity index is 1.54. The predicted molar refractivity (Wildman–Crippen MR) is 121 cm³/mol. The average molecular weight is 449 g/mol. The van der Waals surface area contributed by atoms with Gasteiger partial charge in [-0.2, -0.15) is 0 Å². The number of amides is 1. The van der Waals surface area contributed by atoms with E-state index >= 15 is 0 Å². The number of carbonyl (C=O) groups excluding carboxylic acids is 1. The second kappa shape index (κ2) is 9.94. The van der Waals surface area contributed by atoms with Crippen molar-refractivity contribution in [1.29, 1.82) is 0 Å². The molecule has 0 spiro atoms. The molecule has 1 saturated heterocycles. The van der Waals surface area contributed by atoms with Gasteiger partial charge in [0, 0.05) is 24.0 Å². The van der Waals surface area contributed by atoms with Crippen molar-refractivity contribution >= 4 is 27.5 Å². The minimum Gasteiger partial charge on any atom is -0.349 e. The molecule has 2 aromatic rings. The number of nitrogens with one attached hydrogen (secondary N) is 1. The second-order valence-corrected chi connectivity index (χ2v) is 10.2. The summed E-state index contributed by atoms with van der Waals surface area (Å²) < 4.78 is 27.0. The first-order valence-corrected chi connectivity index (χ1v) is 12.4. The van der Waals surface area contributed by atoms with Crippen molar-refractivity contribution in [2.75, 3.05) is 13.1 Å². The van der Waals surface area contributed by atoms with Crippen LogP contribution >= 0.6 is 11.6 Å². The zero-order chi connectivity index (χ0) is 21.7. The lowest BCUT2D eigenvalue weighted by Gasteiger charge is -2.31. The fraction of sp³-hybridized carbons (Fsp3) is 0.435. The molecule has 0 aliphatic carbocycles. The molecule has 30 heavy (non-hydrogen) atoms. The summed E-state index contributed by atoms with van der Waals surface area (Å²) in [7, 11) is -3.46. The zero-order valence-electron chi connectivity index (χ0n) is 17.5. The number of hydrogen-bond acceptors (Lipinski definition) is 3. The third-order valence-corrected chi connectivity index (χ3v) is 7.96. The van der Waals surface area contributed by atoms with Crippen LogP contribution in [0.5, 0.6) is 0 Å². The van der Waals surface area contributed by atoms with Gasteiger partial charge in [-0.1, -0.05) is 61.0 Å². The third-order valence-electron chi connectivity index (χ3n) is 5.76. The predicted octanol–water partition coefficient (Wildman–Crippen LogP) is 4.32. The molecule has 7 heteroatoms. The van der Waals surface area contributed by atoms with Gasteiger partial charge in [-0.3, -0.25) is 4.79 Å². The van der Waals surface area contributed by atoms with Crippen molar-refractivity contribution in [1.82, 2.24) is 9.62 Å². The number of rotatable bonds is 7. The Labute approximate surface area is 184 Å². The highest BCUT2D eigenvalue weighted by atomic mass is 35.5. The van der Waals surface area contributed by atoms with Crippen molar-refractivity contribution in [3.8, 4) is 0 Å². The van der Waals surface area contributed by atoms with Crippen LogP contribution < -0.4 is 5.32 Å². The van der Waals surface area contributed by atoms with Crippen molar-refractivity contribution in [2.24, 2.45) is 5.92 Å². The maximum atomic E-state index is 12.8. The molecular formula is C23H29ClN2O3S. The van der Waals surface area contributed by atoms with Gasteiger partial charge >= 0.3 is 0 Å².